The Morgan fingerprint density at radius 2 is 1.79 bits per heavy atom. The molecule has 1 fully saturated rings. The van der Waals surface area contributed by atoms with E-state index in [1.165, 1.54) is 11.8 Å². The lowest BCUT2D eigenvalue weighted by Gasteiger charge is -2.36. The summed E-state index contributed by atoms with van der Waals surface area (Å²) in [5, 5.41) is 2.89. The van der Waals surface area contributed by atoms with Gasteiger partial charge in [-0.3, -0.25) is 9.69 Å². The van der Waals surface area contributed by atoms with Crippen LogP contribution in [0.15, 0.2) is 48.5 Å². The predicted molar refractivity (Wildman–Crippen MR) is 109 cm³/mol. The van der Waals surface area contributed by atoms with E-state index in [-0.39, 0.29) is 11.7 Å². The molecule has 0 atom stereocenters. The number of benzene rings is 2. The summed E-state index contributed by atoms with van der Waals surface area (Å²) in [6, 6.07) is 14.8. The minimum Gasteiger partial charge on any atom is -0.497 e. The standard InChI is InChI=1S/C22H28FN3O2/c1-28-20-8-6-19(7-9-20)26-16-14-25(15-17-26)13-11-22(27)24-12-10-18-4-2-3-5-21(18)23/h2-9H,10-17H2,1H3,(H,24,27). The van der Waals surface area contributed by atoms with Gasteiger partial charge in [0.2, 0.25) is 5.91 Å². The third-order valence-corrected chi connectivity index (χ3v) is 5.14. The number of rotatable bonds is 8. The summed E-state index contributed by atoms with van der Waals surface area (Å²) < 4.78 is 18.8. The zero-order chi connectivity index (χ0) is 19.8. The van der Waals surface area contributed by atoms with Gasteiger partial charge in [0.15, 0.2) is 0 Å². The Balaban J connectivity index is 1.33. The molecule has 0 spiro atoms. The first-order valence-electron chi connectivity index (χ1n) is 9.77. The van der Waals surface area contributed by atoms with Gasteiger partial charge in [-0.15, -0.1) is 0 Å². The Morgan fingerprint density at radius 1 is 1.07 bits per heavy atom. The number of nitrogens with zero attached hydrogens (tertiary/aromatic N) is 2. The summed E-state index contributed by atoms with van der Waals surface area (Å²) in [6.07, 6.45) is 0.985. The molecule has 0 unspecified atom stereocenters. The molecule has 3 rings (SSSR count). The van der Waals surface area contributed by atoms with Crippen LogP contribution in [-0.4, -0.2) is 57.2 Å². The molecule has 1 aliphatic rings. The van der Waals surface area contributed by atoms with Gasteiger partial charge in [-0.25, -0.2) is 4.39 Å². The highest BCUT2D eigenvalue weighted by Gasteiger charge is 2.17. The summed E-state index contributed by atoms with van der Waals surface area (Å²) >= 11 is 0. The molecule has 2 aromatic rings. The number of hydrogen-bond acceptors (Lipinski definition) is 4. The number of ether oxygens (including phenoxy) is 1. The Hall–Kier alpha value is -2.60. The molecule has 0 aliphatic carbocycles. The molecule has 2 aromatic carbocycles. The van der Waals surface area contributed by atoms with Crippen molar-refractivity contribution in [2.75, 3.05) is 51.3 Å². The third-order valence-electron chi connectivity index (χ3n) is 5.14. The van der Waals surface area contributed by atoms with Gasteiger partial charge in [0.05, 0.1) is 7.11 Å². The quantitative estimate of drug-likeness (QED) is 0.759. The first-order valence-corrected chi connectivity index (χ1v) is 9.77. The minimum absolute atomic E-state index is 0.0222. The number of piperazine rings is 1. The van der Waals surface area contributed by atoms with Gasteiger partial charge in [0, 0.05) is 51.4 Å². The van der Waals surface area contributed by atoms with Crippen LogP contribution in [-0.2, 0) is 11.2 Å². The Morgan fingerprint density at radius 3 is 2.46 bits per heavy atom. The van der Waals surface area contributed by atoms with Gasteiger partial charge in [0.25, 0.3) is 0 Å². The van der Waals surface area contributed by atoms with Crippen LogP contribution >= 0.6 is 0 Å². The van der Waals surface area contributed by atoms with Crippen molar-refractivity contribution in [3.8, 4) is 5.75 Å². The molecule has 6 heteroatoms. The van der Waals surface area contributed by atoms with Crippen molar-refractivity contribution in [2.24, 2.45) is 0 Å². The fourth-order valence-electron chi connectivity index (χ4n) is 3.41. The Labute approximate surface area is 166 Å². The summed E-state index contributed by atoms with van der Waals surface area (Å²) in [5.41, 5.74) is 1.84. The van der Waals surface area contributed by atoms with Gasteiger partial charge in [-0.1, -0.05) is 18.2 Å². The third kappa shape index (κ3) is 5.70. The van der Waals surface area contributed by atoms with Crippen LogP contribution in [0.1, 0.15) is 12.0 Å². The largest absolute Gasteiger partial charge is 0.497 e. The monoisotopic (exact) mass is 385 g/mol. The normalized spacial score (nSPS) is 14.7. The van der Waals surface area contributed by atoms with Crippen molar-refractivity contribution >= 4 is 11.6 Å². The molecule has 0 bridgehead atoms. The number of carbonyl (C=O) groups excluding carboxylic acids is 1. The van der Waals surface area contributed by atoms with Gasteiger partial charge in [0.1, 0.15) is 11.6 Å². The van der Waals surface area contributed by atoms with Crippen LogP contribution in [0, 0.1) is 5.82 Å². The van der Waals surface area contributed by atoms with E-state index in [0.717, 1.165) is 38.5 Å². The van der Waals surface area contributed by atoms with Crippen molar-refractivity contribution < 1.29 is 13.9 Å². The second-order valence-electron chi connectivity index (χ2n) is 6.97. The SMILES string of the molecule is COc1ccc(N2CCN(CCC(=O)NCCc3ccccc3F)CC2)cc1. The number of anilines is 1. The van der Waals surface area contributed by atoms with E-state index in [0.29, 0.717) is 24.9 Å². The van der Waals surface area contributed by atoms with Crippen LogP contribution in [0.5, 0.6) is 5.75 Å². The number of methoxy groups -OCH3 is 1. The maximum Gasteiger partial charge on any atom is 0.221 e. The predicted octanol–water partition coefficient (Wildman–Crippen LogP) is 2.71. The smallest absolute Gasteiger partial charge is 0.221 e. The lowest BCUT2D eigenvalue weighted by molar-refractivity contribution is -0.121. The van der Waals surface area contributed by atoms with Crippen LogP contribution < -0.4 is 15.0 Å². The Bertz CT molecular complexity index is 759. The number of hydrogen-bond donors (Lipinski definition) is 1. The van der Waals surface area contributed by atoms with Crippen LogP contribution in [0.2, 0.25) is 0 Å². The lowest BCUT2D eigenvalue weighted by atomic mass is 10.1. The fraction of sp³-hybridized carbons (Fsp3) is 0.409. The zero-order valence-corrected chi connectivity index (χ0v) is 16.4. The molecule has 150 valence electrons. The molecule has 0 radical (unpaired) electrons. The highest BCUT2D eigenvalue weighted by atomic mass is 19.1. The second-order valence-corrected chi connectivity index (χ2v) is 6.97. The summed E-state index contributed by atoms with van der Waals surface area (Å²) in [4.78, 5) is 16.7. The maximum absolute atomic E-state index is 13.6. The molecular weight excluding hydrogens is 357 g/mol. The summed E-state index contributed by atoms with van der Waals surface area (Å²) in [7, 11) is 1.67. The van der Waals surface area contributed by atoms with Crippen molar-refractivity contribution in [1.29, 1.82) is 0 Å². The maximum atomic E-state index is 13.6. The van der Waals surface area contributed by atoms with Gasteiger partial charge in [-0.2, -0.15) is 0 Å². The van der Waals surface area contributed by atoms with E-state index in [2.05, 4.69) is 27.2 Å². The van der Waals surface area contributed by atoms with E-state index in [1.807, 2.05) is 18.2 Å². The molecule has 0 aromatic heterocycles. The van der Waals surface area contributed by atoms with Crippen LogP contribution in [0.4, 0.5) is 10.1 Å². The second kappa shape index (κ2) is 10.1. The molecule has 1 N–H and O–H groups in total. The molecule has 1 heterocycles. The minimum atomic E-state index is -0.216. The van der Waals surface area contributed by atoms with E-state index >= 15 is 0 Å². The average molecular weight is 385 g/mol. The van der Waals surface area contributed by atoms with Crippen LogP contribution in [0.25, 0.3) is 0 Å². The topological polar surface area (TPSA) is 44.8 Å². The molecule has 1 saturated heterocycles. The van der Waals surface area contributed by atoms with E-state index in [9.17, 15) is 9.18 Å². The average Bonchev–Trinajstić information content (AvgIpc) is 2.74. The number of nitrogens with one attached hydrogen (secondary N) is 1. The molecule has 0 saturated carbocycles. The summed E-state index contributed by atoms with van der Waals surface area (Å²) in [5.74, 6) is 0.670. The highest BCUT2D eigenvalue weighted by molar-refractivity contribution is 5.76. The first kappa shape index (κ1) is 20.1. The summed E-state index contributed by atoms with van der Waals surface area (Å²) in [6.45, 7) is 4.98. The van der Waals surface area contributed by atoms with E-state index < -0.39 is 0 Å². The molecule has 1 aliphatic heterocycles. The molecule has 5 nitrogen and oxygen atoms in total. The zero-order valence-electron chi connectivity index (χ0n) is 16.4. The van der Waals surface area contributed by atoms with Crippen molar-refractivity contribution in [3.63, 3.8) is 0 Å². The Kier molecular flexibility index (Phi) is 7.25. The van der Waals surface area contributed by atoms with Gasteiger partial charge in [-0.05, 0) is 42.3 Å². The first-order chi connectivity index (χ1) is 13.7. The molecule has 28 heavy (non-hydrogen) atoms. The highest BCUT2D eigenvalue weighted by Crippen LogP contribution is 2.20. The number of carbonyl (C=O) groups is 1. The number of amides is 1. The lowest BCUT2D eigenvalue weighted by Crippen LogP contribution is -2.47. The molecular formula is C22H28FN3O2. The van der Waals surface area contributed by atoms with Gasteiger partial charge < -0.3 is 15.0 Å². The van der Waals surface area contributed by atoms with E-state index in [4.69, 9.17) is 4.74 Å². The molecule has 1 amide bonds. The fourth-order valence-corrected chi connectivity index (χ4v) is 3.41. The van der Waals surface area contributed by atoms with Crippen molar-refractivity contribution in [2.45, 2.75) is 12.8 Å². The van der Waals surface area contributed by atoms with Crippen molar-refractivity contribution in [1.82, 2.24) is 10.2 Å². The van der Waals surface area contributed by atoms with Gasteiger partial charge >= 0.3 is 0 Å². The van der Waals surface area contributed by atoms with E-state index in [1.54, 1.807) is 19.2 Å². The number of halogens is 1. The van der Waals surface area contributed by atoms with Crippen LogP contribution in [0.3, 0.4) is 0 Å². The van der Waals surface area contributed by atoms with Crippen molar-refractivity contribution in [3.05, 3.63) is 59.9 Å².